The summed E-state index contributed by atoms with van der Waals surface area (Å²) in [6, 6.07) is 0. The molecule has 0 atom stereocenters. The third-order valence-corrected chi connectivity index (χ3v) is 6.44. The molecule has 2 saturated heterocycles. The van der Waals surface area contributed by atoms with E-state index in [1.807, 2.05) is 0 Å². The molecule has 0 N–H and O–H groups in total. The van der Waals surface area contributed by atoms with Crippen LogP contribution in [0.4, 0.5) is 0 Å². The van der Waals surface area contributed by atoms with Gasteiger partial charge in [-0.2, -0.15) is 4.98 Å². The van der Waals surface area contributed by atoms with E-state index < -0.39 is 0 Å². The van der Waals surface area contributed by atoms with E-state index in [1.165, 1.54) is 58.0 Å². The fourth-order valence-corrected chi connectivity index (χ4v) is 4.44. The fraction of sp³-hybridized carbons (Fsp3) is 0.857. The van der Waals surface area contributed by atoms with Crippen LogP contribution in [0.3, 0.4) is 0 Å². The number of rotatable bonds is 6. The largest absolute Gasteiger partial charge is 0.343 e. The van der Waals surface area contributed by atoms with Gasteiger partial charge in [-0.25, -0.2) is 0 Å². The number of hydrogen-bond donors (Lipinski definition) is 0. The van der Waals surface area contributed by atoms with Crippen LogP contribution in [0.25, 0.3) is 0 Å². The van der Waals surface area contributed by atoms with Gasteiger partial charge in [-0.05, 0) is 57.5 Å². The normalized spacial score (nSPS) is 23.2. The molecule has 4 rings (SSSR count). The highest BCUT2D eigenvalue weighted by molar-refractivity contribution is 5.76. The number of piperidine rings is 1. The second-order valence-corrected chi connectivity index (χ2v) is 8.71. The van der Waals surface area contributed by atoms with E-state index in [0.29, 0.717) is 24.2 Å². The second-order valence-electron chi connectivity index (χ2n) is 8.71. The van der Waals surface area contributed by atoms with Crippen molar-refractivity contribution in [3.05, 3.63) is 11.7 Å². The molecular formula is C21H34N4O2. The van der Waals surface area contributed by atoms with Gasteiger partial charge in [0, 0.05) is 38.4 Å². The first kappa shape index (κ1) is 18.9. The molecule has 1 saturated carbocycles. The number of likely N-dealkylation sites (tertiary alicyclic amines) is 2. The summed E-state index contributed by atoms with van der Waals surface area (Å²) in [6.45, 7) is 5.05. The molecule has 0 radical (unpaired) electrons. The van der Waals surface area contributed by atoms with Gasteiger partial charge in [0.25, 0.3) is 0 Å². The van der Waals surface area contributed by atoms with Crippen molar-refractivity contribution in [3.63, 3.8) is 0 Å². The van der Waals surface area contributed by atoms with E-state index in [-0.39, 0.29) is 0 Å². The van der Waals surface area contributed by atoms with E-state index in [1.54, 1.807) is 0 Å². The Kier molecular flexibility index (Phi) is 6.43. The van der Waals surface area contributed by atoms with Crippen molar-refractivity contribution in [1.82, 2.24) is 19.9 Å². The Morgan fingerprint density at radius 3 is 2.37 bits per heavy atom. The standard InChI is InChI=1S/C21H34N4O2/c26-20(10-13-24-11-4-2-1-3-5-12-24)25-14-8-17(9-15-25)16-19-22-21(27-23-19)18-6-7-18/h17-18H,1-16H2. The summed E-state index contributed by atoms with van der Waals surface area (Å²) in [5.41, 5.74) is 0. The summed E-state index contributed by atoms with van der Waals surface area (Å²) in [5, 5.41) is 4.15. The van der Waals surface area contributed by atoms with Gasteiger partial charge in [0.1, 0.15) is 0 Å². The smallest absolute Gasteiger partial charge is 0.229 e. The van der Waals surface area contributed by atoms with Crippen molar-refractivity contribution >= 4 is 5.91 Å². The lowest BCUT2D eigenvalue weighted by Gasteiger charge is -2.32. The van der Waals surface area contributed by atoms with Crippen LogP contribution >= 0.6 is 0 Å². The molecule has 0 unspecified atom stereocenters. The van der Waals surface area contributed by atoms with Gasteiger partial charge in [0.15, 0.2) is 5.82 Å². The fourth-order valence-electron chi connectivity index (χ4n) is 4.44. The first-order valence-electron chi connectivity index (χ1n) is 11.1. The van der Waals surface area contributed by atoms with Crippen LogP contribution in [-0.2, 0) is 11.2 Å². The van der Waals surface area contributed by atoms with Crippen molar-refractivity contribution in [2.75, 3.05) is 32.7 Å². The predicted molar refractivity (Wildman–Crippen MR) is 103 cm³/mol. The molecule has 1 aromatic heterocycles. The molecule has 0 aromatic carbocycles. The Bertz CT molecular complexity index is 597. The molecule has 1 aliphatic carbocycles. The van der Waals surface area contributed by atoms with Crippen LogP contribution in [0.2, 0.25) is 0 Å². The zero-order valence-electron chi connectivity index (χ0n) is 16.6. The maximum atomic E-state index is 12.6. The van der Waals surface area contributed by atoms with Crippen LogP contribution in [-0.4, -0.2) is 58.6 Å². The lowest BCUT2D eigenvalue weighted by molar-refractivity contribution is -0.133. The summed E-state index contributed by atoms with van der Waals surface area (Å²) in [4.78, 5) is 21.7. The average Bonchev–Trinajstić information content (AvgIpc) is 3.41. The highest BCUT2D eigenvalue weighted by Crippen LogP contribution is 2.39. The third-order valence-electron chi connectivity index (χ3n) is 6.44. The monoisotopic (exact) mass is 374 g/mol. The molecule has 3 fully saturated rings. The first-order valence-corrected chi connectivity index (χ1v) is 11.1. The van der Waals surface area contributed by atoms with Gasteiger partial charge in [0.2, 0.25) is 11.8 Å². The minimum atomic E-state index is 0.339. The minimum absolute atomic E-state index is 0.339. The molecule has 0 spiro atoms. The Labute approximate surface area is 162 Å². The summed E-state index contributed by atoms with van der Waals surface area (Å²) < 4.78 is 5.37. The van der Waals surface area contributed by atoms with Gasteiger partial charge in [-0.1, -0.05) is 24.4 Å². The molecule has 27 heavy (non-hydrogen) atoms. The van der Waals surface area contributed by atoms with Gasteiger partial charge in [0.05, 0.1) is 0 Å². The van der Waals surface area contributed by atoms with Crippen LogP contribution in [0.5, 0.6) is 0 Å². The molecule has 6 heteroatoms. The van der Waals surface area contributed by atoms with E-state index in [0.717, 1.165) is 50.6 Å². The summed E-state index contributed by atoms with van der Waals surface area (Å²) in [5.74, 6) is 3.14. The Balaban J connectivity index is 1.16. The van der Waals surface area contributed by atoms with E-state index in [9.17, 15) is 4.79 Å². The zero-order chi connectivity index (χ0) is 18.5. The van der Waals surface area contributed by atoms with Crippen LogP contribution in [0.15, 0.2) is 4.52 Å². The summed E-state index contributed by atoms with van der Waals surface area (Å²) in [7, 11) is 0. The van der Waals surface area contributed by atoms with Crippen molar-refractivity contribution in [2.45, 2.75) is 76.5 Å². The highest BCUT2D eigenvalue weighted by atomic mass is 16.5. The third kappa shape index (κ3) is 5.53. The Morgan fingerprint density at radius 1 is 0.963 bits per heavy atom. The van der Waals surface area contributed by atoms with Crippen LogP contribution in [0, 0.1) is 5.92 Å². The average molecular weight is 375 g/mol. The van der Waals surface area contributed by atoms with Gasteiger partial charge in [-0.15, -0.1) is 0 Å². The summed E-state index contributed by atoms with van der Waals surface area (Å²) in [6.07, 6.45) is 12.7. The van der Waals surface area contributed by atoms with Crippen LogP contribution in [0.1, 0.15) is 81.8 Å². The number of hydrogen-bond acceptors (Lipinski definition) is 5. The van der Waals surface area contributed by atoms with Crippen LogP contribution < -0.4 is 0 Å². The molecule has 1 aromatic rings. The second kappa shape index (κ2) is 9.18. The molecule has 6 nitrogen and oxygen atoms in total. The molecule has 1 amide bonds. The number of aromatic nitrogens is 2. The van der Waals surface area contributed by atoms with Crippen molar-refractivity contribution < 1.29 is 9.32 Å². The van der Waals surface area contributed by atoms with Crippen molar-refractivity contribution in [2.24, 2.45) is 5.92 Å². The van der Waals surface area contributed by atoms with Gasteiger partial charge in [-0.3, -0.25) is 4.79 Å². The molecule has 150 valence electrons. The Hall–Kier alpha value is -1.43. The SMILES string of the molecule is O=C(CCN1CCCCCCC1)N1CCC(Cc2noc(C3CC3)n2)CC1. The maximum Gasteiger partial charge on any atom is 0.229 e. The number of carbonyl (C=O) groups is 1. The van der Waals surface area contributed by atoms with Gasteiger partial charge < -0.3 is 14.3 Å². The van der Waals surface area contributed by atoms with E-state index in [4.69, 9.17) is 4.52 Å². The molecular weight excluding hydrogens is 340 g/mol. The minimum Gasteiger partial charge on any atom is -0.343 e. The quantitative estimate of drug-likeness (QED) is 0.764. The highest BCUT2D eigenvalue weighted by Gasteiger charge is 2.30. The van der Waals surface area contributed by atoms with E-state index >= 15 is 0 Å². The molecule has 0 bridgehead atoms. The van der Waals surface area contributed by atoms with Crippen molar-refractivity contribution in [1.29, 1.82) is 0 Å². The lowest BCUT2D eigenvalue weighted by atomic mass is 9.93. The topological polar surface area (TPSA) is 62.5 Å². The molecule has 3 aliphatic rings. The summed E-state index contributed by atoms with van der Waals surface area (Å²) >= 11 is 0. The lowest BCUT2D eigenvalue weighted by Crippen LogP contribution is -2.40. The van der Waals surface area contributed by atoms with Crippen molar-refractivity contribution in [3.8, 4) is 0 Å². The number of carbonyl (C=O) groups excluding carboxylic acids is 1. The Morgan fingerprint density at radius 2 is 1.67 bits per heavy atom. The number of nitrogens with zero attached hydrogens (tertiary/aromatic N) is 4. The molecule has 2 aliphatic heterocycles. The zero-order valence-corrected chi connectivity index (χ0v) is 16.6. The maximum absolute atomic E-state index is 12.6. The first-order chi connectivity index (χ1) is 13.3. The number of amides is 1. The predicted octanol–water partition coefficient (Wildman–Crippen LogP) is 3.38. The molecule has 3 heterocycles. The van der Waals surface area contributed by atoms with Gasteiger partial charge >= 0.3 is 0 Å². The van der Waals surface area contributed by atoms with E-state index in [2.05, 4.69) is 19.9 Å².